The lowest BCUT2D eigenvalue weighted by atomic mass is 10.2. The second-order valence-electron chi connectivity index (χ2n) is 3.35. The molecular weight excluding hydrogens is 312 g/mol. The fourth-order valence-corrected chi connectivity index (χ4v) is 1.78. The molecule has 0 amide bonds. The van der Waals surface area contributed by atoms with Crippen molar-refractivity contribution in [3.63, 3.8) is 0 Å². The molecule has 4 nitrogen and oxygen atoms in total. The third-order valence-electron chi connectivity index (χ3n) is 2.13. The lowest BCUT2D eigenvalue weighted by molar-refractivity contribution is 0.0647. The number of aromatic nitrogens is 1. The van der Waals surface area contributed by atoms with E-state index in [9.17, 15) is 13.6 Å². The summed E-state index contributed by atoms with van der Waals surface area (Å²) in [5, 5.41) is 8.75. The zero-order valence-corrected chi connectivity index (χ0v) is 10.3. The van der Waals surface area contributed by atoms with E-state index in [0.717, 1.165) is 0 Å². The number of carboxylic acids is 1. The van der Waals surface area contributed by atoms with Crippen molar-refractivity contribution in [2.75, 3.05) is 0 Å². The highest BCUT2D eigenvalue weighted by Gasteiger charge is 2.26. The first kappa shape index (κ1) is 12.7. The Bertz CT molecular complexity index is 598. The molecule has 0 spiro atoms. The van der Waals surface area contributed by atoms with Crippen LogP contribution in [0, 0.1) is 0 Å². The number of hydrogen-bond donors (Lipinski definition) is 1. The summed E-state index contributed by atoms with van der Waals surface area (Å²) in [6, 6.07) is 6.56. The second-order valence-corrected chi connectivity index (χ2v) is 4.27. The summed E-state index contributed by atoms with van der Waals surface area (Å²) in [7, 11) is 0. The van der Waals surface area contributed by atoms with Crippen molar-refractivity contribution in [2.45, 2.75) is 6.43 Å². The van der Waals surface area contributed by atoms with Crippen molar-refractivity contribution >= 4 is 21.9 Å². The van der Waals surface area contributed by atoms with Crippen LogP contribution in [0.15, 0.2) is 33.2 Å². The van der Waals surface area contributed by atoms with Crippen molar-refractivity contribution in [3.8, 4) is 11.5 Å². The third-order valence-corrected chi connectivity index (χ3v) is 2.62. The fourth-order valence-electron chi connectivity index (χ4n) is 1.38. The zero-order chi connectivity index (χ0) is 13.3. The van der Waals surface area contributed by atoms with Gasteiger partial charge in [-0.15, -0.1) is 0 Å². The summed E-state index contributed by atoms with van der Waals surface area (Å²) in [6.45, 7) is 0. The molecule has 0 bridgehead atoms. The number of nitrogens with zero attached hydrogens (tertiary/aromatic N) is 1. The van der Waals surface area contributed by atoms with Crippen LogP contribution < -0.4 is 0 Å². The number of hydrogen-bond acceptors (Lipinski definition) is 3. The van der Waals surface area contributed by atoms with Crippen molar-refractivity contribution in [1.82, 2.24) is 4.98 Å². The summed E-state index contributed by atoms with van der Waals surface area (Å²) in [6.07, 6.45) is -3.00. The fraction of sp³-hybridized carbons (Fsp3) is 0.0909. The van der Waals surface area contributed by atoms with Crippen LogP contribution in [-0.2, 0) is 0 Å². The maximum Gasteiger partial charge on any atom is 0.374 e. The molecule has 0 radical (unpaired) electrons. The number of carbonyl (C=O) groups is 1. The monoisotopic (exact) mass is 317 g/mol. The number of halogens is 3. The van der Waals surface area contributed by atoms with Gasteiger partial charge in [-0.3, -0.25) is 0 Å². The Morgan fingerprint density at radius 2 is 2.17 bits per heavy atom. The Hall–Kier alpha value is -1.76. The zero-order valence-electron chi connectivity index (χ0n) is 8.73. The molecule has 1 aromatic heterocycles. The van der Waals surface area contributed by atoms with Crippen LogP contribution in [0.3, 0.4) is 0 Å². The largest absolute Gasteiger partial charge is 0.475 e. The number of rotatable bonds is 3. The van der Waals surface area contributed by atoms with Crippen molar-refractivity contribution in [3.05, 3.63) is 40.2 Å². The summed E-state index contributed by atoms with van der Waals surface area (Å²) < 4.78 is 30.8. The van der Waals surface area contributed by atoms with Gasteiger partial charge in [0.1, 0.15) is 0 Å². The molecule has 0 aliphatic heterocycles. The number of aromatic carboxylic acids is 1. The van der Waals surface area contributed by atoms with E-state index in [2.05, 4.69) is 20.9 Å². The molecule has 18 heavy (non-hydrogen) atoms. The van der Waals surface area contributed by atoms with Gasteiger partial charge in [0.25, 0.3) is 6.43 Å². The van der Waals surface area contributed by atoms with Crippen LogP contribution in [0.2, 0.25) is 0 Å². The molecule has 1 aromatic carbocycles. The van der Waals surface area contributed by atoms with Crippen molar-refractivity contribution in [1.29, 1.82) is 0 Å². The van der Waals surface area contributed by atoms with Gasteiger partial charge in [-0.05, 0) is 18.2 Å². The van der Waals surface area contributed by atoms with Crippen LogP contribution in [0.1, 0.15) is 22.7 Å². The Labute approximate surface area is 108 Å². The molecule has 0 fully saturated rings. The molecule has 2 aromatic rings. The van der Waals surface area contributed by atoms with Crippen LogP contribution in [0.4, 0.5) is 8.78 Å². The van der Waals surface area contributed by atoms with E-state index in [1.807, 2.05) is 0 Å². The summed E-state index contributed by atoms with van der Waals surface area (Å²) in [5.74, 6) is -2.55. The molecule has 1 heterocycles. The first-order chi connectivity index (χ1) is 8.49. The minimum atomic E-state index is -3.00. The van der Waals surface area contributed by atoms with E-state index in [1.165, 1.54) is 0 Å². The minimum Gasteiger partial charge on any atom is -0.475 e. The van der Waals surface area contributed by atoms with Gasteiger partial charge in [-0.1, -0.05) is 22.0 Å². The van der Waals surface area contributed by atoms with Crippen LogP contribution in [0.5, 0.6) is 0 Å². The molecule has 94 valence electrons. The highest BCUT2D eigenvalue weighted by Crippen LogP contribution is 2.29. The minimum absolute atomic E-state index is 0.149. The Kier molecular flexibility index (Phi) is 3.42. The van der Waals surface area contributed by atoms with E-state index >= 15 is 0 Å². The third kappa shape index (κ3) is 2.40. The van der Waals surface area contributed by atoms with Crippen molar-refractivity contribution in [2.24, 2.45) is 0 Å². The van der Waals surface area contributed by atoms with Crippen LogP contribution >= 0.6 is 15.9 Å². The molecule has 1 N–H and O–H groups in total. The molecule has 0 saturated carbocycles. The van der Waals surface area contributed by atoms with Crippen LogP contribution in [-0.4, -0.2) is 16.1 Å². The number of oxazole rings is 1. The van der Waals surface area contributed by atoms with Gasteiger partial charge >= 0.3 is 5.97 Å². The summed E-state index contributed by atoms with van der Waals surface area (Å²) in [4.78, 5) is 14.3. The van der Waals surface area contributed by atoms with Gasteiger partial charge in [-0.2, -0.15) is 0 Å². The van der Waals surface area contributed by atoms with Gasteiger partial charge in [0.2, 0.25) is 11.7 Å². The maximum atomic E-state index is 12.6. The quantitative estimate of drug-likeness (QED) is 0.936. The Morgan fingerprint density at radius 1 is 1.44 bits per heavy atom. The predicted octanol–water partition coefficient (Wildman–Crippen LogP) is 3.74. The van der Waals surface area contributed by atoms with Gasteiger partial charge in [-0.25, -0.2) is 18.6 Å². The molecule has 0 aliphatic rings. The lowest BCUT2D eigenvalue weighted by Gasteiger charge is -1.95. The molecule has 0 atom stereocenters. The molecule has 0 unspecified atom stereocenters. The number of benzene rings is 1. The lowest BCUT2D eigenvalue weighted by Crippen LogP contribution is -1.99. The van der Waals surface area contributed by atoms with Gasteiger partial charge < -0.3 is 9.52 Å². The molecule has 7 heteroatoms. The van der Waals surface area contributed by atoms with E-state index in [-0.39, 0.29) is 5.89 Å². The second kappa shape index (κ2) is 4.85. The standard InChI is InChI=1S/C11H6BrF2NO3/c12-6-3-1-2-5(4-6)10-15-7(9(13)14)8(18-10)11(16)17/h1-4,9H,(H,16,17). The first-order valence-corrected chi connectivity index (χ1v) is 5.56. The number of carboxylic acid groups (broad SMARTS) is 1. The van der Waals surface area contributed by atoms with Crippen molar-refractivity contribution < 1.29 is 23.1 Å². The SMILES string of the molecule is O=C(O)c1oc(-c2cccc(Br)c2)nc1C(F)F. The number of alkyl halides is 2. The molecule has 2 rings (SSSR count). The average molecular weight is 318 g/mol. The Balaban J connectivity index is 2.53. The predicted molar refractivity (Wildman–Crippen MR) is 61.6 cm³/mol. The van der Waals surface area contributed by atoms with Gasteiger partial charge in [0, 0.05) is 10.0 Å². The highest BCUT2D eigenvalue weighted by atomic mass is 79.9. The van der Waals surface area contributed by atoms with E-state index < -0.39 is 23.8 Å². The normalized spacial score (nSPS) is 10.9. The summed E-state index contributed by atoms with van der Waals surface area (Å²) >= 11 is 3.21. The first-order valence-electron chi connectivity index (χ1n) is 4.77. The molecular formula is C11H6BrF2NO3. The summed E-state index contributed by atoms with van der Waals surface area (Å²) in [5.41, 5.74) is -0.448. The average Bonchev–Trinajstić information content (AvgIpc) is 2.73. The van der Waals surface area contributed by atoms with Gasteiger partial charge in [0.15, 0.2) is 5.69 Å². The topological polar surface area (TPSA) is 63.3 Å². The maximum absolute atomic E-state index is 12.6. The van der Waals surface area contributed by atoms with Gasteiger partial charge in [0.05, 0.1) is 0 Å². The molecule has 0 saturated heterocycles. The Morgan fingerprint density at radius 3 is 2.67 bits per heavy atom. The highest BCUT2D eigenvalue weighted by molar-refractivity contribution is 9.10. The van der Waals surface area contributed by atoms with E-state index in [4.69, 9.17) is 9.52 Å². The van der Waals surface area contributed by atoms with E-state index in [1.54, 1.807) is 24.3 Å². The smallest absolute Gasteiger partial charge is 0.374 e. The molecule has 0 aliphatic carbocycles. The van der Waals surface area contributed by atoms with E-state index in [0.29, 0.717) is 10.0 Å². The van der Waals surface area contributed by atoms with Crippen LogP contribution in [0.25, 0.3) is 11.5 Å².